The van der Waals surface area contributed by atoms with E-state index in [2.05, 4.69) is 27.2 Å². The van der Waals surface area contributed by atoms with Gasteiger partial charge in [0.2, 0.25) is 5.91 Å². The number of hydrogen-bond acceptors (Lipinski definition) is 4. The van der Waals surface area contributed by atoms with Crippen LogP contribution in [0.3, 0.4) is 0 Å². The first-order valence-electron chi connectivity index (χ1n) is 13.0. The summed E-state index contributed by atoms with van der Waals surface area (Å²) in [6.45, 7) is 9.93. The molecule has 0 spiro atoms. The topological polar surface area (TPSA) is 61.9 Å². The summed E-state index contributed by atoms with van der Waals surface area (Å²) >= 11 is 0. The van der Waals surface area contributed by atoms with Crippen molar-refractivity contribution in [3.63, 3.8) is 0 Å². The van der Waals surface area contributed by atoms with Crippen LogP contribution in [0.15, 0.2) is 48.5 Å². The Bertz CT molecular complexity index is 1020. The summed E-state index contributed by atoms with van der Waals surface area (Å²) in [7, 11) is 0. The summed E-state index contributed by atoms with van der Waals surface area (Å²) < 4.78 is 5.42. The number of fused-ring (bicyclic) bond motifs is 1. The Kier molecular flexibility index (Phi) is 7.21. The molecule has 0 aromatic heterocycles. The number of benzene rings is 2. The summed E-state index contributed by atoms with van der Waals surface area (Å²) in [6.07, 6.45) is 1.69. The molecule has 3 saturated heterocycles. The summed E-state index contributed by atoms with van der Waals surface area (Å²) in [5.41, 5.74) is 4.15. The first-order valence-corrected chi connectivity index (χ1v) is 13.0. The van der Waals surface area contributed by atoms with Crippen molar-refractivity contribution in [2.75, 3.05) is 45.9 Å². The molecule has 5 rings (SSSR count). The fraction of sp³-hybridized carbons (Fsp3) is 0.517. The molecule has 35 heavy (non-hydrogen) atoms. The minimum atomic E-state index is -0.0345. The molecule has 3 unspecified atom stereocenters. The van der Waals surface area contributed by atoms with Gasteiger partial charge >= 0.3 is 0 Å². The third-order valence-electron chi connectivity index (χ3n) is 8.10. The normalized spacial score (nSPS) is 25.0. The van der Waals surface area contributed by atoms with Crippen molar-refractivity contribution in [1.29, 1.82) is 0 Å². The third-order valence-corrected chi connectivity index (χ3v) is 8.10. The Morgan fingerprint density at radius 1 is 0.971 bits per heavy atom. The molecule has 6 nitrogen and oxygen atoms in total. The lowest BCUT2D eigenvalue weighted by molar-refractivity contribution is -0.125. The summed E-state index contributed by atoms with van der Waals surface area (Å²) in [5, 5.41) is 3.30. The Morgan fingerprint density at radius 3 is 2.29 bits per heavy atom. The molecule has 0 saturated carbocycles. The largest absolute Gasteiger partial charge is 0.381 e. The minimum Gasteiger partial charge on any atom is -0.381 e. The number of aryl methyl sites for hydroxylation is 2. The molecule has 3 aliphatic rings. The van der Waals surface area contributed by atoms with Crippen molar-refractivity contribution in [3.05, 3.63) is 70.8 Å². The van der Waals surface area contributed by atoms with E-state index in [0.717, 1.165) is 67.8 Å². The second-order valence-electron chi connectivity index (χ2n) is 10.6. The van der Waals surface area contributed by atoms with Gasteiger partial charge in [0.25, 0.3) is 5.91 Å². The van der Waals surface area contributed by atoms with E-state index in [1.165, 1.54) is 0 Å². The first-order chi connectivity index (χ1) is 17.0. The molecule has 3 aliphatic heterocycles. The quantitative estimate of drug-likeness (QED) is 0.665. The Morgan fingerprint density at radius 2 is 1.66 bits per heavy atom. The van der Waals surface area contributed by atoms with E-state index in [-0.39, 0.29) is 23.8 Å². The monoisotopic (exact) mass is 475 g/mol. The Balaban J connectivity index is 1.17. The number of carbonyl (C=O) groups is 2. The first kappa shape index (κ1) is 24.0. The molecule has 2 amide bonds. The second kappa shape index (κ2) is 10.5. The molecule has 2 aromatic carbocycles. The van der Waals surface area contributed by atoms with Gasteiger partial charge in [0.15, 0.2) is 0 Å². The smallest absolute Gasteiger partial charge is 0.254 e. The average molecular weight is 476 g/mol. The zero-order valence-corrected chi connectivity index (χ0v) is 20.9. The van der Waals surface area contributed by atoms with Crippen LogP contribution in [0, 0.1) is 31.6 Å². The van der Waals surface area contributed by atoms with Gasteiger partial charge in [-0.25, -0.2) is 0 Å². The van der Waals surface area contributed by atoms with Crippen molar-refractivity contribution >= 4 is 11.8 Å². The van der Waals surface area contributed by atoms with Crippen molar-refractivity contribution < 1.29 is 14.3 Å². The number of rotatable bonds is 7. The maximum absolute atomic E-state index is 13.2. The predicted octanol–water partition coefficient (Wildman–Crippen LogP) is 3.59. The van der Waals surface area contributed by atoms with Crippen LogP contribution in [0.1, 0.15) is 45.9 Å². The van der Waals surface area contributed by atoms with Crippen molar-refractivity contribution in [2.24, 2.45) is 17.8 Å². The lowest BCUT2D eigenvalue weighted by Gasteiger charge is -2.26. The molecule has 6 heteroatoms. The van der Waals surface area contributed by atoms with Gasteiger partial charge in [-0.1, -0.05) is 48.5 Å². The van der Waals surface area contributed by atoms with Crippen molar-refractivity contribution in [3.8, 4) is 0 Å². The fourth-order valence-electron chi connectivity index (χ4n) is 6.10. The molecule has 0 radical (unpaired) electrons. The molecule has 3 fully saturated rings. The van der Waals surface area contributed by atoms with Crippen LogP contribution in [0.25, 0.3) is 0 Å². The SMILES string of the molecule is Cc1cccc(C)c1C(=O)N1CC2CN(CC[C@H](NC(=O)C3CCOC3)c3ccccc3)CC2C1. The number of amides is 2. The number of likely N-dealkylation sites (tertiary alicyclic amines) is 2. The second-order valence-corrected chi connectivity index (χ2v) is 10.6. The molecular formula is C29H37N3O3. The van der Waals surface area contributed by atoms with E-state index in [0.29, 0.717) is 25.0 Å². The summed E-state index contributed by atoms with van der Waals surface area (Å²) in [6, 6.07) is 16.4. The van der Waals surface area contributed by atoms with Gasteiger partial charge in [0, 0.05) is 44.9 Å². The van der Waals surface area contributed by atoms with Gasteiger partial charge in [0.1, 0.15) is 0 Å². The number of carbonyl (C=O) groups excluding carboxylic acids is 2. The number of ether oxygens (including phenoxy) is 1. The zero-order chi connectivity index (χ0) is 24.4. The molecule has 186 valence electrons. The third kappa shape index (κ3) is 5.29. The molecule has 2 aromatic rings. The van der Waals surface area contributed by atoms with E-state index in [1.54, 1.807) is 0 Å². The van der Waals surface area contributed by atoms with Crippen molar-refractivity contribution in [1.82, 2.24) is 15.1 Å². The van der Waals surface area contributed by atoms with Crippen LogP contribution in [-0.2, 0) is 9.53 Å². The molecule has 4 atom stereocenters. The Hall–Kier alpha value is -2.70. The summed E-state index contributed by atoms with van der Waals surface area (Å²) in [5.74, 6) is 1.32. The minimum absolute atomic E-state index is 0.00634. The van der Waals surface area contributed by atoms with Gasteiger partial charge in [-0.3, -0.25) is 9.59 Å². The van der Waals surface area contributed by atoms with E-state index >= 15 is 0 Å². The summed E-state index contributed by atoms with van der Waals surface area (Å²) in [4.78, 5) is 30.6. The fourth-order valence-corrected chi connectivity index (χ4v) is 6.10. The van der Waals surface area contributed by atoms with Crippen molar-refractivity contribution in [2.45, 2.75) is 32.7 Å². The van der Waals surface area contributed by atoms with E-state index < -0.39 is 0 Å². The molecule has 0 aliphatic carbocycles. The number of nitrogens with zero attached hydrogens (tertiary/aromatic N) is 2. The van der Waals surface area contributed by atoms with Crippen LogP contribution < -0.4 is 5.32 Å². The lowest BCUT2D eigenvalue weighted by atomic mass is 10.0. The van der Waals surface area contributed by atoms with Crippen LogP contribution in [0.2, 0.25) is 0 Å². The lowest BCUT2D eigenvalue weighted by Crippen LogP contribution is -2.37. The van der Waals surface area contributed by atoms with E-state index in [9.17, 15) is 9.59 Å². The zero-order valence-electron chi connectivity index (χ0n) is 20.9. The number of hydrogen-bond donors (Lipinski definition) is 1. The van der Waals surface area contributed by atoms with Crippen LogP contribution >= 0.6 is 0 Å². The van der Waals surface area contributed by atoms with Gasteiger partial charge < -0.3 is 19.9 Å². The maximum atomic E-state index is 13.2. The van der Waals surface area contributed by atoms with Crippen LogP contribution in [0.5, 0.6) is 0 Å². The maximum Gasteiger partial charge on any atom is 0.254 e. The van der Waals surface area contributed by atoms with Gasteiger partial charge in [-0.15, -0.1) is 0 Å². The molecular weight excluding hydrogens is 438 g/mol. The molecule has 3 heterocycles. The molecule has 1 N–H and O–H groups in total. The van der Waals surface area contributed by atoms with E-state index in [1.807, 2.05) is 50.2 Å². The van der Waals surface area contributed by atoms with Gasteiger partial charge in [-0.05, 0) is 55.2 Å². The Labute approximate surface area is 208 Å². The van der Waals surface area contributed by atoms with Gasteiger partial charge in [0.05, 0.1) is 18.6 Å². The van der Waals surface area contributed by atoms with Gasteiger partial charge in [-0.2, -0.15) is 0 Å². The molecule has 0 bridgehead atoms. The van der Waals surface area contributed by atoms with Crippen LogP contribution in [-0.4, -0.2) is 67.6 Å². The van der Waals surface area contributed by atoms with Crippen LogP contribution in [0.4, 0.5) is 0 Å². The highest BCUT2D eigenvalue weighted by atomic mass is 16.5. The number of nitrogens with one attached hydrogen (secondary N) is 1. The highest BCUT2D eigenvalue weighted by Gasteiger charge is 2.42. The van der Waals surface area contributed by atoms with E-state index in [4.69, 9.17) is 4.74 Å². The highest BCUT2D eigenvalue weighted by Crippen LogP contribution is 2.33. The highest BCUT2D eigenvalue weighted by molar-refractivity contribution is 5.97. The standard InChI is InChI=1S/C29H37N3O3/c1-20-7-6-8-21(2)27(20)29(34)32-17-24-15-31(16-25(24)18-32)13-11-26(22-9-4-3-5-10-22)30-28(33)23-12-14-35-19-23/h3-10,23-26H,11-19H2,1-2H3,(H,30,33)/t23?,24?,25?,26-/m0/s1. The predicted molar refractivity (Wildman–Crippen MR) is 136 cm³/mol. The average Bonchev–Trinajstić information content (AvgIpc) is 3.59.